The molecule has 1 aromatic rings. The number of carbonyl (C=O) groups excluding carboxylic acids is 1. The highest BCUT2D eigenvalue weighted by atomic mass is 16.4. The van der Waals surface area contributed by atoms with Crippen LogP contribution in [-0.2, 0) is 9.59 Å². The van der Waals surface area contributed by atoms with Gasteiger partial charge in [0.1, 0.15) is 0 Å². The Morgan fingerprint density at radius 2 is 1.92 bits per heavy atom. The van der Waals surface area contributed by atoms with Crippen molar-refractivity contribution in [1.29, 1.82) is 0 Å². The van der Waals surface area contributed by atoms with E-state index < -0.39 is 12.0 Å². The molecule has 0 fully saturated rings. The third-order valence-electron chi connectivity index (χ3n) is 3.53. The van der Waals surface area contributed by atoms with Gasteiger partial charge in [-0.25, -0.2) is 0 Å². The number of nitrogens with two attached hydrogens (primary N) is 1. The summed E-state index contributed by atoms with van der Waals surface area (Å²) in [5.41, 5.74) is 8.88. The minimum absolute atomic E-state index is 0.180. The fourth-order valence-electron chi connectivity index (χ4n) is 2.40. The van der Waals surface area contributed by atoms with Gasteiger partial charge in [0.2, 0.25) is 5.91 Å². The highest BCUT2D eigenvalue weighted by Gasteiger charge is 2.17. The summed E-state index contributed by atoms with van der Waals surface area (Å²) < 4.78 is 0. The van der Waals surface area contributed by atoms with Gasteiger partial charge in [0.05, 0.1) is 19.0 Å². The van der Waals surface area contributed by atoms with E-state index in [9.17, 15) is 9.59 Å². The first-order chi connectivity index (χ1) is 11.4. The Morgan fingerprint density at radius 3 is 2.38 bits per heavy atom. The van der Waals surface area contributed by atoms with Crippen LogP contribution in [0.15, 0.2) is 54.6 Å². The zero-order valence-corrected chi connectivity index (χ0v) is 14.1. The van der Waals surface area contributed by atoms with Crippen LogP contribution < -0.4 is 11.1 Å². The molecule has 1 atom stereocenters. The minimum Gasteiger partial charge on any atom is -0.481 e. The molecular formula is C19H24N2O3. The van der Waals surface area contributed by atoms with E-state index in [1.807, 2.05) is 56.3 Å². The van der Waals surface area contributed by atoms with Crippen molar-refractivity contribution in [3.63, 3.8) is 0 Å². The van der Waals surface area contributed by atoms with E-state index in [1.165, 1.54) is 0 Å². The highest BCUT2D eigenvalue weighted by Crippen LogP contribution is 2.25. The molecule has 1 amide bonds. The molecule has 0 bridgehead atoms. The maximum absolute atomic E-state index is 11.5. The van der Waals surface area contributed by atoms with Gasteiger partial charge in [-0.2, -0.15) is 0 Å². The predicted octanol–water partition coefficient (Wildman–Crippen LogP) is 2.81. The molecule has 0 saturated carbocycles. The lowest BCUT2D eigenvalue weighted by Crippen LogP contribution is -2.34. The number of aliphatic carboxylic acids is 1. The van der Waals surface area contributed by atoms with Crippen molar-refractivity contribution in [1.82, 2.24) is 5.32 Å². The Labute approximate surface area is 142 Å². The van der Waals surface area contributed by atoms with Crippen LogP contribution in [0.5, 0.6) is 0 Å². The average molecular weight is 328 g/mol. The van der Waals surface area contributed by atoms with Gasteiger partial charge in [-0.15, -0.1) is 0 Å². The van der Waals surface area contributed by atoms with E-state index >= 15 is 0 Å². The van der Waals surface area contributed by atoms with Crippen LogP contribution >= 0.6 is 0 Å². The first kappa shape index (κ1) is 19.4. The molecular weight excluding hydrogens is 304 g/mol. The number of carboxylic acids is 1. The Hall–Kier alpha value is -2.66. The SMILES string of the molecule is C=C(/C=C\C)/C(=C\C)c1ccc(C(CC(=O)O)NC(=O)CN)cc1. The van der Waals surface area contributed by atoms with E-state index in [-0.39, 0.29) is 18.9 Å². The van der Waals surface area contributed by atoms with E-state index in [0.717, 1.165) is 22.3 Å². The number of amides is 1. The molecule has 4 N–H and O–H groups in total. The third kappa shape index (κ3) is 5.52. The summed E-state index contributed by atoms with van der Waals surface area (Å²) in [5, 5.41) is 11.7. The third-order valence-corrected chi connectivity index (χ3v) is 3.53. The maximum atomic E-state index is 11.5. The Morgan fingerprint density at radius 1 is 1.29 bits per heavy atom. The van der Waals surface area contributed by atoms with Gasteiger partial charge >= 0.3 is 5.97 Å². The molecule has 0 aromatic heterocycles. The molecule has 1 aromatic carbocycles. The van der Waals surface area contributed by atoms with E-state index in [1.54, 1.807) is 0 Å². The van der Waals surface area contributed by atoms with E-state index in [0.29, 0.717) is 0 Å². The van der Waals surface area contributed by atoms with Crippen LogP contribution in [0.2, 0.25) is 0 Å². The van der Waals surface area contributed by atoms with Crippen molar-refractivity contribution in [2.24, 2.45) is 5.73 Å². The normalized spacial score (nSPS) is 12.9. The summed E-state index contributed by atoms with van der Waals surface area (Å²) in [5.74, 6) is -1.38. The number of allylic oxidation sites excluding steroid dienone is 5. The van der Waals surface area contributed by atoms with Gasteiger partial charge in [0, 0.05) is 0 Å². The lowest BCUT2D eigenvalue weighted by atomic mass is 9.95. The van der Waals surface area contributed by atoms with Crippen molar-refractivity contribution < 1.29 is 14.7 Å². The smallest absolute Gasteiger partial charge is 0.305 e. The lowest BCUT2D eigenvalue weighted by molar-refractivity contribution is -0.137. The monoisotopic (exact) mass is 328 g/mol. The van der Waals surface area contributed by atoms with Crippen molar-refractivity contribution in [3.05, 3.63) is 65.8 Å². The summed E-state index contributed by atoms with van der Waals surface area (Å²) in [6, 6.07) is 6.80. The number of hydrogen-bond acceptors (Lipinski definition) is 3. The van der Waals surface area contributed by atoms with Crippen molar-refractivity contribution in [2.45, 2.75) is 26.3 Å². The molecule has 0 aliphatic carbocycles. The number of hydrogen-bond donors (Lipinski definition) is 3. The minimum atomic E-state index is -0.989. The Kier molecular flexibility index (Phi) is 7.65. The van der Waals surface area contributed by atoms with E-state index in [4.69, 9.17) is 10.8 Å². The molecule has 5 nitrogen and oxygen atoms in total. The quantitative estimate of drug-likeness (QED) is 0.640. The van der Waals surface area contributed by atoms with Crippen molar-refractivity contribution in [2.75, 3.05) is 6.54 Å². The molecule has 1 rings (SSSR count). The second-order valence-electron chi connectivity index (χ2n) is 5.27. The molecule has 0 aliphatic heterocycles. The second-order valence-corrected chi connectivity index (χ2v) is 5.27. The number of carboxylic acid groups (broad SMARTS) is 1. The van der Waals surface area contributed by atoms with Crippen LogP contribution in [0.25, 0.3) is 5.57 Å². The van der Waals surface area contributed by atoms with Crippen molar-refractivity contribution >= 4 is 17.4 Å². The average Bonchev–Trinajstić information content (AvgIpc) is 2.55. The molecule has 5 heteroatoms. The summed E-state index contributed by atoms with van der Waals surface area (Å²) in [4.78, 5) is 22.5. The number of nitrogens with one attached hydrogen (secondary N) is 1. The topological polar surface area (TPSA) is 92.4 Å². The number of carbonyl (C=O) groups is 2. The van der Waals surface area contributed by atoms with Gasteiger partial charge in [-0.3, -0.25) is 9.59 Å². The summed E-state index contributed by atoms with van der Waals surface area (Å²) >= 11 is 0. The van der Waals surface area contributed by atoms with Crippen LogP contribution in [-0.4, -0.2) is 23.5 Å². The molecule has 0 heterocycles. The maximum Gasteiger partial charge on any atom is 0.305 e. The Balaban J connectivity index is 3.07. The first-order valence-corrected chi connectivity index (χ1v) is 7.72. The van der Waals surface area contributed by atoms with Gasteiger partial charge in [-0.05, 0) is 36.1 Å². The molecule has 24 heavy (non-hydrogen) atoms. The molecule has 128 valence electrons. The highest BCUT2D eigenvalue weighted by molar-refractivity contribution is 5.81. The lowest BCUT2D eigenvalue weighted by Gasteiger charge is -2.18. The number of benzene rings is 1. The molecule has 0 aliphatic rings. The second kappa shape index (κ2) is 9.47. The zero-order chi connectivity index (χ0) is 18.1. The fourth-order valence-corrected chi connectivity index (χ4v) is 2.40. The van der Waals surface area contributed by atoms with Crippen LogP contribution in [0, 0.1) is 0 Å². The van der Waals surface area contributed by atoms with Gasteiger partial charge < -0.3 is 16.2 Å². The van der Waals surface area contributed by atoms with Gasteiger partial charge in [0.25, 0.3) is 0 Å². The molecule has 0 saturated heterocycles. The first-order valence-electron chi connectivity index (χ1n) is 7.72. The zero-order valence-electron chi connectivity index (χ0n) is 14.1. The summed E-state index contributed by atoms with van der Waals surface area (Å²) in [6.07, 6.45) is 5.62. The number of rotatable bonds is 8. The van der Waals surface area contributed by atoms with Gasteiger partial charge in [-0.1, -0.05) is 49.1 Å². The standard InChI is InChI=1S/C19H24N2O3/c1-4-6-13(3)16(5-2)14-7-9-15(10-8-14)17(11-19(23)24)21-18(22)12-20/h4-10,17H,3,11-12,20H2,1-2H3,(H,21,22)(H,23,24)/b6-4-,16-5+. The van der Waals surface area contributed by atoms with Crippen LogP contribution in [0.1, 0.15) is 37.4 Å². The predicted molar refractivity (Wildman–Crippen MR) is 96.2 cm³/mol. The molecule has 0 spiro atoms. The summed E-state index contributed by atoms with van der Waals surface area (Å²) in [7, 11) is 0. The van der Waals surface area contributed by atoms with E-state index in [2.05, 4.69) is 11.9 Å². The van der Waals surface area contributed by atoms with Gasteiger partial charge in [0.15, 0.2) is 0 Å². The largest absolute Gasteiger partial charge is 0.481 e. The van der Waals surface area contributed by atoms with Crippen molar-refractivity contribution in [3.8, 4) is 0 Å². The van der Waals surface area contributed by atoms with Crippen LogP contribution in [0.4, 0.5) is 0 Å². The fraction of sp³-hybridized carbons (Fsp3) is 0.263. The summed E-state index contributed by atoms with van der Waals surface area (Å²) in [6.45, 7) is 7.72. The molecule has 0 radical (unpaired) electrons. The van der Waals surface area contributed by atoms with Crippen LogP contribution in [0.3, 0.4) is 0 Å². The molecule has 1 unspecified atom stereocenters. The Bertz CT molecular complexity index is 658.